The Bertz CT molecular complexity index is 683. The zero-order valence-corrected chi connectivity index (χ0v) is 12.8. The number of aromatic nitrogens is 2. The minimum absolute atomic E-state index is 0.0313. The maximum atomic E-state index is 12.1. The third kappa shape index (κ3) is 4.25. The number of nitrogens with zero attached hydrogens (tertiary/aromatic N) is 2. The second kappa shape index (κ2) is 6.86. The molecule has 0 unspecified atom stereocenters. The molecule has 1 aliphatic rings. The van der Waals surface area contributed by atoms with E-state index in [-0.39, 0.29) is 29.1 Å². The Kier molecular flexibility index (Phi) is 4.89. The average Bonchev–Trinajstić information content (AvgIpc) is 2.45. The zero-order chi connectivity index (χ0) is 17.0. The van der Waals surface area contributed by atoms with Crippen molar-refractivity contribution >= 4 is 23.9 Å². The van der Waals surface area contributed by atoms with E-state index in [1.807, 2.05) is 13.8 Å². The third-order valence-corrected chi connectivity index (χ3v) is 2.62. The summed E-state index contributed by atoms with van der Waals surface area (Å²) >= 11 is 0. The molecule has 0 saturated carbocycles. The SMILES string of the molecule is Cc1nc(NC(C)C)nc2c1C(=O)OCOC(=O)/C=C\C(=O)O2. The summed E-state index contributed by atoms with van der Waals surface area (Å²) in [6.07, 6.45) is 1.73. The number of hydrogen-bond donors (Lipinski definition) is 1. The molecule has 2 heterocycles. The van der Waals surface area contributed by atoms with Crippen molar-refractivity contribution in [3.8, 4) is 5.88 Å². The van der Waals surface area contributed by atoms with Crippen LogP contribution in [0.4, 0.5) is 5.95 Å². The first-order valence-electron chi connectivity index (χ1n) is 6.75. The van der Waals surface area contributed by atoms with Gasteiger partial charge in [-0.3, -0.25) is 0 Å². The van der Waals surface area contributed by atoms with E-state index < -0.39 is 24.7 Å². The van der Waals surface area contributed by atoms with E-state index in [2.05, 4.69) is 20.0 Å². The van der Waals surface area contributed by atoms with E-state index in [4.69, 9.17) is 9.47 Å². The lowest BCUT2D eigenvalue weighted by Gasteiger charge is -2.13. The van der Waals surface area contributed by atoms with Gasteiger partial charge in [-0.05, 0) is 20.8 Å². The molecule has 0 radical (unpaired) electrons. The monoisotopic (exact) mass is 321 g/mol. The number of nitrogens with one attached hydrogen (secondary N) is 1. The molecule has 1 aliphatic heterocycles. The van der Waals surface area contributed by atoms with Crippen LogP contribution in [0.3, 0.4) is 0 Å². The number of carbonyl (C=O) groups is 3. The van der Waals surface area contributed by atoms with Crippen LogP contribution in [0.5, 0.6) is 5.88 Å². The lowest BCUT2D eigenvalue weighted by molar-refractivity contribution is -0.146. The lowest BCUT2D eigenvalue weighted by atomic mass is 10.2. The van der Waals surface area contributed by atoms with E-state index in [0.717, 1.165) is 12.2 Å². The quantitative estimate of drug-likeness (QED) is 0.787. The van der Waals surface area contributed by atoms with Crippen molar-refractivity contribution in [3.05, 3.63) is 23.4 Å². The number of ether oxygens (including phenoxy) is 3. The van der Waals surface area contributed by atoms with Crippen molar-refractivity contribution in [1.82, 2.24) is 9.97 Å². The first-order valence-corrected chi connectivity index (χ1v) is 6.75. The van der Waals surface area contributed by atoms with Crippen LogP contribution in [0.25, 0.3) is 0 Å². The maximum Gasteiger partial charge on any atom is 0.348 e. The Labute approximate surface area is 131 Å². The van der Waals surface area contributed by atoms with Crippen LogP contribution in [-0.4, -0.2) is 40.7 Å². The van der Waals surface area contributed by atoms with E-state index in [1.54, 1.807) is 6.92 Å². The van der Waals surface area contributed by atoms with E-state index in [1.165, 1.54) is 0 Å². The summed E-state index contributed by atoms with van der Waals surface area (Å²) in [6, 6.07) is 0.0313. The summed E-state index contributed by atoms with van der Waals surface area (Å²) in [5, 5.41) is 2.95. The zero-order valence-electron chi connectivity index (χ0n) is 12.8. The van der Waals surface area contributed by atoms with Gasteiger partial charge in [0, 0.05) is 18.2 Å². The van der Waals surface area contributed by atoms with Crippen molar-refractivity contribution in [2.45, 2.75) is 26.8 Å². The molecule has 0 aliphatic carbocycles. The molecule has 0 aromatic carbocycles. The molecule has 1 N–H and O–H groups in total. The standard InChI is InChI=1S/C14H15N3O6/c1-7(2)15-14-16-8(3)11-12(17-14)23-10(19)5-4-9(18)21-6-22-13(11)20/h4-5,7H,6H2,1-3H3,(H,15,16,17)/b5-4-. The minimum Gasteiger partial charge on any atom is -0.425 e. The minimum atomic E-state index is -0.883. The number of rotatable bonds is 2. The van der Waals surface area contributed by atoms with Crippen LogP contribution in [-0.2, 0) is 19.1 Å². The van der Waals surface area contributed by atoms with Gasteiger partial charge >= 0.3 is 17.9 Å². The molecule has 0 saturated heterocycles. The molecule has 0 spiro atoms. The second-order valence-electron chi connectivity index (χ2n) is 4.88. The Morgan fingerprint density at radius 3 is 2.48 bits per heavy atom. The topological polar surface area (TPSA) is 117 Å². The summed E-state index contributed by atoms with van der Waals surface area (Å²) in [5.41, 5.74) is 0.143. The molecule has 0 fully saturated rings. The second-order valence-corrected chi connectivity index (χ2v) is 4.88. The van der Waals surface area contributed by atoms with E-state index in [9.17, 15) is 14.4 Å². The van der Waals surface area contributed by atoms with Crippen LogP contribution in [0.15, 0.2) is 12.2 Å². The van der Waals surface area contributed by atoms with Gasteiger partial charge in [0.25, 0.3) is 0 Å². The number of fused-ring (bicyclic) bond motifs is 1. The predicted octanol–water partition coefficient (Wildman–Crippen LogP) is 0.738. The summed E-state index contributed by atoms with van der Waals surface area (Å²) in [6.45, 7) is 4.70. The third-order valence-electron chi connectivity index (χ3n) is 2.62. The highest BCUT2D eigenvalue weighted by Crippen LogP contribution is 2.23. The normalized spacial score (nSPS) is 16.6. The number of carbonyl (C=O) groups excluding carboxylic acids is 3. The van der Waals surface area contributed by atoms with Crippen molar-refractivity contribution in [2.24, 2.45) is 0 Å². The molecule has 1 aromatic heterocycles. The number of cyclic esters (lactones) is 2. The molecule has 0 atom stereocenters. The molecule has 2 rings (SSSR count). The van der Waals surface area contributed by atoms with Gasteiger partial charge < -0.3 is 19.5 Å². The Balaban J connectivity index is 2.46. The molecule has 23 heavy (non-hydrogen) atoms. The largest absolute Gasteiger partial charge is 0.425 e. The summed E-state index contributed by atoms with van der Waals surface area (Å²) in [4.78, 5) is 43.2. The summed E-state index contributed by atoms with van der Waals surface area (Å²) in [7, 11) is 0. The number of hydrogen-bond acceptors (Lipinski definition) is 9. The van der Waals surface area contributed by atoms with Gasteiger partial charge in [-0.15, -0.1) is 0 Å². The van der Waals surface area contributed by atoms with Crippen LogP contribution in [0.2, 0.25) is 0 Å². The fourth-order valence-corrected chi connectivity index (χ4v) is 1.70. The number of anilines is 1. The molecule has 9 nitrogen and oxygen atoms in total. The molecular weight excluding hydrogens is 306 g/mol. The first-order chi connectivity index (χ1) is 10.9. The molecule has 0 bridgehead atoms. The highest BCUT2D eigenvalue weighted by Gasteiger charge is 2.24. The van der Waals surface area contributed by atoms with Crippen LogP contribution < -0.4 is 10.1 Å². The van der Waals surface area contributed by atoms with Gasteiger partial charge in [0.05, 0.1) is 5.69 Å². The van der Waals surface area contributed by atoms with Crippen molar-refractivity contribution in [2.75, 3.05) is 12.1 Å². The van der Waals surface area contributed by atoms with Crippen molar-refractivity contribution in [3.63, 3.8) is 0 Å². The number of esters is 3. The fourth-order valence-electron chi connectivity index (χ4n) is 1.70. The van der Waals surface area contributed by atoms with E-state index in [0.29, 0.717) is 0 Å². The maximum absolute atomic E-state index is 12.1. The Hall–Kier alpha value is -2.97. The van der Waals surface area contributed by atoms with Gasteiger partial charge in [-0.1, -0.05) is 0 Å². The number of aryl methyl sites for hydroxylation is 1. The highest BCUT2D eigenvalue weighted by atomic mass is 16.7. The van der Waals surface area contributed by atoms with Crippen molar-refractivity contribution in [1.29, 1.82) is 0 Å². The summed E-state index contributed by atoms with van der Waals surface area (Å²) < 4.78 is 14.4. The van der Waals surface area contributed by atoms with E-state index >= 15 is 0 Å². The van der Waals surface area contributed by atoms with Crippen LogP contribution in [0, 0.1) is 6.92 Å². The molecule has 0 amide bonds. The Morgan fingerprint density at radius 2 is 1.78 bits per heavy atom. The Morgan fingerprint density at radius 1 is 1.09 bits per heavy atom. The van der Waals surface area contributed by atoms with Gasteiger partial charge in [0.15, 0.2) is 0 Å². The molecular formula is C14H15N3O6. The van der Waals surface area contributed by atoms with Gasteiger partial charge in [-0.25, -0.2) is 19.4 Å². The predicted molar refractivity (Wildman–Crippen MR) is 76.7 cm³/mol. The van der Waals surface area contributed by atoms with Gasteiger partial charge in [-0.2, -0.15) is 4.98 Å². The fraction of sp³-hybridized carbons (Fsp3) is 0.357. The molecule has 1 aromatic rings. The molecule has 122 valence electrons. The van der Waals surface area contributed by atoms with Gasteiger partial charge in [0.2, 0.25) is 18.6 Å². The van der Waals surface area contributed by atoms with Crippen LogP contribution in [0.1, 0.15) is 29.9 Å². The lowest BCUT2D eigenvalue weighted by Crippen LogP contribution is -2.19. The molecule has 9 heteroatoms. The summed E-state index contributed by atoms with van der Waals surface area (Å²) in [5.74, 6) is -2.65. The van der Waals surface area contributed by atoms with Crippen molar-refractivity contribution < 1.29 is 28.6 Å². The average molecular weight is 321 g/mol. The highest BCUT2D eigenvalue weighted by molar-refractivity contribution is 5.97. The van der Waals surface area contributed by atoms with Gasteiger partial charge in [0.1, 0.15) is 5.56 Å². The smallest absolute Gasteiger partial charge is 0.348 e. The van der Waals surface area contributed by atoms with Crippen LogP contribution >= 0.6 is 0 Å². The first kappa shape index (κ1) is 16.4.